The summed E-state index contributed by atoms with van der Waals surface area (Å²) < 4.78 is 17.4. The summed E-state index contributed by atoms with van der Waals surface area (Å²) in [6, 6.07) is 1.82. The Labute approximate surface area is 209 Å². The van der Waals surface area contributed by atoms with E-state index >= 15 is 0 Å². The summed E-state index contributed by atoms with van der Waals surface area (Å²) in [5, 5.41) is 6.08. The molecule has 1 saturated heterocycles. The van der Waals surface area contributed by atoms with Crippen molar-refractivity contribution in [3.63, 3.8) is 0 Å². The highest BCUT2D eigenvalue weighted by molar-refractivity contribution is 6.22. The number of amides is 2. The summed E-state index contributed by atoms with van der Waals surface area (Å²) in [5.74, 6) is 0.373. The molecule has 1 fully saturated rings. The number of hydrogen-bond acceptors (Lipinski definition) is 7. The van der Waals surface area contributed by atoms with Crippen LogP contribution in [0.15, 0.2) is 18.5 Å². The van der Waals surface area contributed by atoms with Gasteiger partial charge in [0.15, 0.2) is 0 Å². The molecule has 1 unspecified atom stereocenters. The van der Waals surface area contributed by atoms with Crippen LogP contribution in [0.2, 0.25) is 0 Å². The van der Waals surface area contributed by atoms with Gasteiger partial charge in [0, 0.05) is 37.0 Å². The van der Waals surface area contributed by atoms with Crippen molar-refractivity contribution < 1.29 is 23.8 Å². The largest absolute Gasteiger partial charge is 0.488 e. The highest BCUT2D eigenvalue weighted by Crippen LogP contribution is 2.39. The smallest absolute Gasteiger partial charge is 0.410 e. The molecule has 0 bridgehead atoms. The number of halogens is 1. The third-order valence-corrected chi connectivity index (χ3v) is 5.69. The maximum Gasteiger partial charge on any atom is 0.410 e. The second-order valence-electron chi connectivity index (χ2n) is 9.60. The van der Waals surface area contributed by atoms with Crippen LogP contribution in [-0.2, 0) is 15.9 Å². The summed E-state index contributed by atoms with van der Waals surface area (Å²) in [4.78, 5) is 34.3. The number of aromatic amines is 1. The first-order chi connectivity index (χ1) is 16.6. The number of nitrogens with one attached hydrogen (secondary N) is 3. The Morgan fingerprint density at radius 3 is 2.97 bits per heavy atom. The first-order valence-corrected chi connectivity index (χ1v) is 12.2. The first-order valence-electron chi connectivity index (χ1n) is 11.7. The molecule has 2 atom stereocenters. The summed E-state index contributed by atoms with van der Waals surface area (Å²) in [7, 11) is 0. The highest BCUT2D eigenvalue weighted by atomic mass is 35.5. The molecule has 4 rings (SSSR count). The minimum absolute atomic E-state index is 0.150. The Bertz CT molecular complexity index is 1080. The SMILES string of the molecule is CC(Cl)Nc1c(-c2ccncc2OC[C@@H]2CN(C(=O)OC(C)(C)C)CCO2)[nH]c2c1C(=O)NCC2. The summed E-state index contributed by atoms with van der Waals surface area (Å²) in [6.07, 6.45) is 3.28. The molecule has 0 radical (unpaired) electrons. The molecule has 0 aromatic carbocycles. The van der Waals surface area contributed by atoms with Gasteiger partial charge in [-0.1, -0.05) is 11.6 Å². The Morgan fingerprint density at radius 2 is 2.23 bits per heavy atom. The van der Waals surface area contributed by atoms with Gasteiger partial charge in [0.2, 0.25) is 0 Å². The van der Waals surface area contributed by atoms with Crippen LogP contribution in [0.4, 0.5) is 10.5 Å². The average molecular weight is 506 g/mol. The first kappa shape index (κ1) is 25.1. The van der Waals surface area contributed by atoms with E-state index in [1.807, 2.05) is 26.8 Å². The number of fused-ring (bicyclic) bond motifs is 1. The number of aromatic nitrogens is 2. The Kier molecular flexibility index (Phi) is 7.42. The fraction of sp³-hybridized carbons (Fsp3) is 0.542. The number of morpholine rings is 1. The van der Waals surface area contributed by atoms with Crippen molar-refractivity contribution >= 4 is 29.3 Å². The van der Waals surface area contributed by atoms with Gasteiger partial charge in [-0.3, -0.25) is 9.78 Å². The van der Waals surface area contributed by atoms with Crippen molar-refractivity contribution in [1.29, 1.82) is 0 Å². The fourth-order valence-corrected chi connectivity index (χ4v) is 4.23. The number of anilines is 1. The Morgan fingerprint density at radius 1 is 1.43 bits per heavy atom. The topological polar surface area (TPSA) is 118 Å². The minimum atomic E-state index is -0.565. The van der Waals surface area contributed by atoms with Crippen LogP contribution in [0.25, 0.3) is 11.3 Å². The zero-order valence-electron chi connectivity index (χ0n) is 20.4. The second-order valence-corrected chi connectivity index (χ2v) is 10.3. The van der Waals surface area contributed by atoms with Crippen molar-refractivity contribution in [2.75, 3.05) is 38.2 Å². The standard InChI is InChI=1S/C24H32ClN5O5/c1-14(25)28-21-19-17(6-8-27-22(19)31)29-20(21)16-5-7-26-11-18(16)34-13-15-12-30(9-10-33-15)23(32)35-24(2,3)4/h5,7,11,14-15,28-29H,6,8-10,12-13H2,1-4H3,(H,27,31)/t14?,15-/m0/s1. The molecule has 10 nitrogen and oxygen atoms in total. The van der Waals surface area contributed by atoms with E-state index in [2.05, 4.69) is 20.6 Å². The molecule has 2 aromatic heterocycles. The van der Waals surface area contributed by atoms with Gasteiger partial charge in [-0.2, -0.15) is 0 Å². The summed E-state index contributed by atoms with van der Waals surface area (Å²) >= 11 is 6.24. The number of ether oxygens (including phenoxy) is 3. The number of alkyl halides is 1. The van der Waals surface area contributed by atoms with Crippen molar-refractivity contribution in [1.82, 2.24) is 20.2 Å². The number of hydrogen-bond donors (Lipinski definition) is 3. The van der Waals surface area contributed by atoms with Crippen LogP contribution < -0.4 is 15.4 Å². The number of pyridine rings is 1. The molecule has 190 valence electrons. The summed E-state index contributed by atoms with van der Waals surface area (Å²) in [6.45, 7) is 9.31. The van der Waals surface area contributed by atoms with Gasteiger partial charge in [0.05, 0.1) is 41.8 Å². The number of nitrogens with zero attached hydrogens (tertiary/aromatic N) is 2. The zero-order valence-corrected chi connectivity index (χ0v) is 21.2. The molecule has 0 spiro atoms. The van der Waals surface area contributed by atoms with Crippen LogP contribution in [0.3, 0.4) is 0 Å². The Hall–Kier alpha value is -2.98. The highest BCUT2D eigenvalue weighted by Gasteiger charge is 2.30. The second kappa shape index (κ2) is 10.3. The van der Waals surface area contributed by atoms with Crippen LogP contribution in [-0.4, -0.2) is 76.9 Å². The van der Waals surface area contributed by atoms with Crippen LogP contribution in [0, 0.1) is 0 Å². The van der Waals surface area contributed by atoms with Gasteiger partial charge in [-0.05, 0) is 33.8 Å². The van der Waals surface area contributed by atoms with Gasteiger partial charge in [-0.15, -0.1) is 0 Å². The third kappa shape index (κ3) is 5.99. The average Bonchev–Trinajstić information content (AvgIpc) is 3.15. The third-order valence-electron chi connectivity index (χ3n) is 5.58. The predicted molar refractivity (Wildman–Crippen MR) is 132 cm³/mol. The lowest BCUT2D eigenvalue weighted by atomic mass is 10.1. The predicted octanol–water partition coefficient (Wildman–Crippen LogP) is 3.37. The van der Waals surface area contributed by atoms with Crippen molar-refractivity contribution in [3.8, 4) is 17.0 Å². The van der Waals surface area contributed by atoms with Crippen molar-refractivity contribution in [2.24, 2.45) is 0 Å². The molecule has 35 heavy (non-hydrogen) atoms. The fourth-order valence-electron chi connectivity index (χ4n) is 4.12. The summed E-state index contributed by atoms with van der Waals surface area (Å²) in [5.41, 5.74) is 2.51. The number of carbonyl (C=O) groups is 2. The van der Waals surface area contributed by atoms with E-state index in [-0.39, 0.29) is 24.7 Å². The molecule has 2 aromatic rings. The maximum absolute atomic E-state index is 12.6. The van der Waals surface area contributed by atoms with Crippen molar-refractivity contribution in [3.05, 3.63) is 29.7 Å². The molecule has 3 N–H and O–H groups in total. The monoisotopic (exact) mass is 505 g/mol. The van der Waals surface area contributed by atoms with E-state index in [0.717, 1.165) is 11.3 Å². The molecular weight excluding hydrogens is 474 g/mol. The molecular formula is C24H32ClN5O5. The van der Waals surface area contributed by atoms with Gasteiger partial charge in [0.1, 0.15) is 24.1 Å². The Balaban J connectivity index is 1.53. The van der Waals surface area contributed by atoms with Crippen LogP contribution in [0.5, 0.6) is 5.75 Å². The number of carbonyl (C=O) groups excluding carboxylic acids is 2. The zero-order chi connectivity index (χ0) is 25.2. The van der Waals surface area contributed by atoms with Gasteiger partial charge in [0.25, 0.3) is 5.91 Å². The van der Waals surface area contributed by atoms with E-state index < -0.39 is 11.1 Å². The number of rotatable bonds is 6. The van der Waals surface area contributed by atoms with Crippen molar-refractivity contribution in [2.45, 2.75) is 51.3 Å². The van der Waals surface area contributed by atoms with E-state index in [0.29, 0.717) is 55.4 Å². The lowest BCUT2D eigenvalue weighted by molar-refractivity contribution is -0.0556. The molecule has 4 heterocycles. The molecule has 2 aliphatic rings. The van der Waals surface area contributed by atoms with E-state index in [1.165, 1.54) is 0 Å². The normalized spacial score (nSPS) is 18.9. The van der Waals surface area contributed by atoms with E-state index in [4.69, 9.17) is 25.8 Å². The van der Waals surface area contributed by atoms with Crippen LogP contribution in [0.1, 0.15) is 43.7 Å². The van der Waals surface area contributed by atoms with Gasteiger partial charge < -0.3 is 34.7 Å². The molecule has 0 aliphatic carbocycles. The van der Waals surface area contributed by atoms with Gasteiger partial charge in [-0.25, -0.2) is 4.79 Å². The molecule has 2 amide bonds. The maximum atomic E-state index is 12.6. The lowest BCUT2D eigenvalue weighted by Crippen LogP contribution is -2.49. The quantitative estimate of drug-likeness (QED) is 0.407. The van der Waals surface area contributed by atoms with E-state index in [9.17, 15) is 9.59 Å². The molecule has 0 saturated carbocycles. The minimum Gasteiger partial charge on any atom is -0.488 e. The van der Waals surface area contributed by atoms with Gasteiger partial charge >= 0.3 is 6.09 Å². The number of H-pyrrole nitrogens is 1. The lowest BCUT2D eigenvalue weighted by Gasteiger charge is -2.34. The van der Waals surface area contributed by atoms with Crippen LogP contribution >= 0.6 is 11.6 Å². The van der Waals surface area contributed by atoms with E-state index in [1.54, 1.807) is 24.2 Å². The molecule has 11 heteroatoms. The molecule has 2 aliphatic heterocycles.